The Kier molecular flexibility index (Phi) is 4.28. The van der Waals surface area contributed by atoms with Crippen molar-refractivity contribution in [1.29, 1.82) is 0 Å². The maximum Gasteiger partial charge on any atom is 0.226 e. The average molecular weight is 254 g/mol. The van der Waals surface area contributed by atoms with E-state index in [0.717, 1.165) is 19.6 Å². The third-order valence-electron chi connectivity index (χ3n) is 4.25. The number of ether oxygens (including phenoxy) is 1. The molecule has 1 aliphatic heterocycles. The number of rotatable bonds is 5. The van der Waals surface area contributed by atoms with Crippen LogP contribution in [0.2, 0.25) is 0 Å². The molecular formula is C14H26N2O2. The fourth-order valence-corrected chi connectivity index (χ4v) is 2.90. The van der Waals surface area contributed by atoms with Crippen LogP contribution in [0.25, 0.3) is 0 Å². The third kappa shape index (κ3) is 2.86. The van der Waals surface area contributed by atoms with Crippen molar-refractivity contribution in [1.82, 2.24) is 10.6 Å². The first-order chi connectivity index (χ1) is 8.54. The molecule has 2 N–H and O–H groups in total. The van der Waals surface area contributed by atoms with Gasteiger partial charge in [-0.3, -0.25) is 4.79 Å². The first kappa shape index (κ1) is 13.8. The quantitative estimate of drug-likeness (QED) is 0.777. The molecular weight excluding hydrogens is 228 g/mol. The van der Waals surface area contributed by atoms with Gasteiger partial charge in [0.25, 0.3) is 0 Å². The zero-order valence-electron chi connectivity index (χ0n) is 11.8. The molecule has 1 saturated heterocycles. The Labute approximate surface area is 110 Å². The summed E-state index contributed by atoms with van der Waals surface area (Å²) in [4.78, 5) is 11.9. The largest absolute Gasteiger partial charge is 0.378 e. The normalized spacial score (nSPS) is 31.4. The minimum atomic E-state index is -0.337. The van der Waals surface area contributed by atoms with Crippen molar-refractivity contribution in [2.45, 2.75) is 52.2 Å². The lowest BCUT2D eigenvalue weighted by Gasteiger charge is -2.48. The summed E-state index contributed by atoms with van der Waals surface area (Å²) in [7, 11) is 0. The second-order valence-electron chi connectivity index (χ2n) is 6.18. The number of hydrogen-bond donors (Lipinski definition) is 2. The van der Waals surface area contributed by atoms with E-state index in [9.17, 15) is 4.79 Å². The summed E-state index contributed by atoms with van der Waals surface area (Å²) >= 11 is 0. The van der Waals surface area contributed by atoms with Crippen LogP contribution in [-0.4, -0.2) is 37.7 Å². The van der Waals surface area contributed by atoms with Gasteiger partial charge >= 0.3 is 0 Å². The van der Waals surface area contributed by atoms with Gasteiger partial charge in [0.2, 0.25) is 5.91 Å². The predicted octanol–water partition coefficient (Wildman–Crippen LogP) is 1.31. The van der Waals surface area contributed by atoms with Crippen molar-refractivity contribution in [2.24, 2.45) is 11.3 Å². The Hall–Kier alpha value is -0.610. The topological polar surface area (TPSA) is 50.4 Å². The van der Waals surface area contributed by atoms with E-state index in [1.54, 1.807) is 0 Å². The molecule has 104 valence electrons. The second kappa shape index (κ2) is 5.57. The Bertz CT molecular complexity index is 304. The highest BCUT2D eigenvalue weighted by Crippen LogP contribution is 2.38. The lowest BCUT2D eigenvalue weighted by Crippen LogP contribution is -2.58. The standard InChI is InChI=1S/C14H26N2O2/c1-4-15-13(17)14(2,3)9-16-11-8-12-10(11)6-5-7-18-12/h10-12,16H,4-9H2,1-3H3,(H,15,17)/t10-,11-,12-/m1/s1. The van der Waals surface area contributed by atoms with Gasteiger partial charge in [-0.1, -0.05) is 0 Å². The van der Waals surface area contributed by atoms with Gasteiger partial charge in [0, 0.05) is 31.7 Å². The van der Waals surface area contributed by atoms with Gasteiger partial charge in [0.15, 0.2) is 0 Å². The first-order valence-electron chi connectivity index (χ1n) is 7.18. The summed E-state index contributed by atoms with van der Waals surface area (Å²) < 4.78 is 5.71. The summed E-state index contributed by atoms with van der Waals surface area (Å²) in [6, 6.07) is 0.545. The molecule has 2 aliphatic rings. The first-order valence-corrected chi connectivity index (χ1v) is 7.18. The molecule has 0 aromatic heterocycles. The lowest BCUT2D eigenvalue weighted by molar-refractivity contribution is -0.130. The Morgan fingerprint density at radius 2 is 2.22 bits per heavy atom. The van der Waals surface area contributed by atoms with Crippen LogP contribution >= 0.6 is 0 Å². The molecule has 4 heteroatoms. The van der Waals surface area contributed by atoms with Gasteiger partial charge < -0.3 is 15.4 Å². The Balaban J connectivity index is 1.76. The van der Waals surface area contributed by atoms with Gasteiger partial charge in [0.05, 0.1) is 11.5 Å². The van der Waals surface area contributed by atoms with Crippen molar-refractivity contribution < 1.29 is 9.53 Å². The van der Waals surface area contributed by atoms with Gasteiger partial charge in [-0.2, -0.15) is 0 Å². The third-order valence-corrected chi connectivity index (χ3v) is 4.25. The second-order valence-corrected chi connectivity index (χ2v) is 6.18. The number of amides is 1. The lowest BCUT2D eigenvalue weighted by atomic mass is 9.72. The molecule has 3 atom stereocenters. The molecule has 0 spiro atoms. The van der Waals surface area contributed by atoms with E-state index < -0.39 is 0 Å². The van der Waals surface area contributed by atoms with E-state index in [1.165, 1.54) is 12.8 Å². The van der Waals surface area contributed by atoms with Crippen LogP contribution in [-0.2, 0) is 9.53 Å². The summed E-state index contributed by atoms with van der Waals surface area (Å²) in [6.45, 7) is 8.32. The van der Waals surface area contributed by atoms with Gasteiger partial charge in [-0.05, 0) is 40.0 Å². The molecule has 0 bridgehead atoms. The number of fused-ring (bicyclic) bond motifs is 1. The maximum absolute atomic E-state index is 11.9. The Morgan fingerprint density at radius 3 is 2.89 bits per heavy atom. The number of carbonyl (C=O) groups is 1. The van der Waals surface area contributed by atoms with Gasteiger partial charge in [-0.15, -0.1) is 0 Å². The monoisotopic (exact) mass is 254 g/mol. The molecule has 18 heavy (non-hydrogen) atoms. The summed E-state index contributed by atoms with van der Waals surface area (Å²) in [5, 5.41) is 6.46. The minimum Gasteiger partial charge on any atom is -0.378 e. The fraction of sp³-hybridized carbons (Fsp3) is 0.929. The van der Waals surface area contributed by atoms with Crippen LogP contribution in [0.4, 0.5) is 0 Å². The van der Waals surface area contributed by atoms with E-state index >= 15 is 0 Å². The van der Waals surface area contributed by atoms with Crippen LogP contribution in [0.3, 0.4) is 0 Å². The van der Waals surface area contributed by atoms with E-state index in [1.807, 2.05) is 20.8 Å². The molecule has 1 heterocycles. The maximum atomic E-state index is 11.9. The Morgan fingerprint density at radius 1 is 1.44 bits per heavy atom. The van der Waals surface area contributed by atoms with Gasteiger partial charge in [0.1, 0.15) is 0 Å². The summed E-state index contributed by atoms with van der Waals surface area (Å²) in [6.07, 6.45) is 4.03. The van der Waals surface area contributed by atoms with Gasteiger partial charge in [-0.25, -0.2) is 0 Å². The summed E-state index contributed by atoms with van der Waals surface area (Å²) in [5.41, 5.74) is -0.337. The number of hydrogen-bond acceptors (Lipinski definition) is 3. The van der Waals surface area contributed by atoms with Crippen LogP contribution in [0, 0.1) is 11.3 Å². The highest BCUT2D eigenvalue weighted by molar-refractivity contribution is 5.81. The van der Waals surface area contributed by atoms with Crippen LogP contribution in [0.15, 0.2) is 0 Å². The molecule has 1 amide bonds. The molecule has 1 saturated carbocycles. The fourth-order valence-electron chi connectivity index (χ4n) is 2.90. The average Bonchev–Trinajstić information content (AvgIpc) is 2.30. The van der Waals surface area contributed by atoms with Crippen LogP contribution in [0.5, 0.6) is 0 Å². The minimum absolute atomic E-state index is 0.133. The molecule has 0 aromatic rings. The molecule has 2 rings (SSSR count). The number of carbonyl (C=O) groups excluding carboxylic acids is 1. The predicted molar refractivity (Wildman–Crippen MR) is 71.3 cm³/mol. The molecule has 0 radical (unpaired) electrons. The zero-order valence-corrected chi connectivity index (χ0v) is 11.8. The van der Waals surface area contributed by atoms with E-state index in [-0.39, 0.29) is 11.3 Å². The van der Waals surface area contributed by atoms with Crippen LogP contribution in [0.1, 0.15) is 40.0 Å². The molecule has 2 fully saturated rings. The van der Waals surface area contributed by atoms with E-state index in [4.69, 9.17) is 4.74 Å². The van der Waals surface area contributed by atoms with Crippen molar-refractivity contribution in [3.63, 3.8) is 0 Å². The molecule has 4 nitrogen and oxygen atoms in total. The van der Waals surface area contributed by atoms with Crippen molar-refractivity contribution in [3.05, 3.63) is 0 Å². The molecule has 0 aromatic carbocycles. The SMILES string of the molecule is CCNC(=O)C(C)(C)CN[C@@H]1C[C@H]2OCCC[C@H]12. The van der Waals surface area contributed by atoms with Crippen molar-refractivity contribution in [3.8, 4) is 0 Å². The zero-order chi connectivity index (χ0) is 13.2. The van der Waals surface area contributed by atoms with Crippen molar-refractivity contribution >= 4 is 5.91 Å². The summed E-state index contributed by atoms with van der Waals surface area (Å²) in [5.74, 6) is 0.803. The highest BCUT2D eigenvalue weighted by atomic mass is 16.5. The van der Waals surface area contributed by atoms with Crippen molar-refractivity contribution in [2.75, 3.05) is 19.7 Å². The number of nitrogens with one attached hydrogen (secondary N) is 2. The van der Waals surface area contributed by atoms with E-state index in [2.05, 4.69) is 10.6 Å². The van der Waals surface area contributed by atoms with E-state index in [0.29, 0.717) is 24.6 Å². The smallest absolute Gasteiger partial charge is 0.226 e. The molecule has 1 aliphatic carbocycles. The highest BCUT2D eigenvalue weighted by Gasteiger charge is 2.43. The molecule has 0 unspecified atom stereocenters. The van der Waals surface area contributed by atoms with Crippen LogP contribution < -0.4 is 10.6 Å².